The molecule has 10 rings (SSSR count). The molecule has 0 fully saturated rings. The Morgan fingerprint density at radius 1 is 0.455 bits per heavy atom. The Hall–Kier alpha value is -7.43. The predicted molar refractivity (Wildman–Crippen MR) is 231 cm³/mol. The van der Waals surface area contributed by atoms with Gasteiger partial charge in [0.25, 0.3) is 0 Å². The average Bonchev–Trinajstić information content (AvgIpc) is 3.64. The third-order valence-corrected chi connectivity index (χ3v) is 10.5. The van der Waals surface area contributed by atoms with Crippen LogP contribution in [0.1, 0.15) is 16.7 Å². The van der Waals surface area contributed by atoms with Gasteiger partial charge in [0.1, 0.15) is 11.2 Å². The van der Waals surface area contributed by atoms with Crippen molar-refractivity contribution in [3.63, 3.8) is 0 Å². The van der Waals surface area contributed by atoms with Crippen molar-refractivity contribution in [2.24, 2.45) is 9.98 Å². The van der Waals surface area contributed by atoms with Crippen LogP contribution in [0.3, 0.4) is 0 Å². The summed E-state index contributed by atoms with van der Waals surface area (Å²) in [5.41, 5.74) is 8.63. The maximum absolute atomic E-state index is 9.17. The van der Waals surface area contributed by atoms with E-state index in [4.69, 9.17) is 14.4 Å². The number of nitrogens with one attached hydrogen (secondary N) is 1. The molecular formula is C51H33N3O. The monoisotopic (exact) mass is 703 g/mol. The molecule has 1 N–H and O–H groups in total. The van der Waals surface area contributed by atoms with Crippen molar-refractivity contribution in [1.29, 1.82) is 5.41 Å². The molecule has 9 aromatic carbocycles. The second kappa shape index (κ2) is 13.5. The highest BCUT2D eigenvalue weighted by atomic mass is 16.3. The highest BCUT2D eigenvalue weighted by Gasteiger charge is 2.14. The van der Waals surface area contributed by atoms with Gasteiger partial charge in [-0.1, -0.05) is 170 Å². The molecule has 55 heavy (non-hydrogen) atoms. The first-order valence-corrected chi connectivity index (χ1v) is 18.4. The summed E-state index contributed by atoms with van der Waals surface area (Å²) in [6, 6.07) is 64.5. The number of fused-ring (bicyclic) bond motifs is 7. The maximum Gasteiger partial charge on any atom is 0.161 e. The number of hydrogen-bond donors (Lipinski definition) is 1. The first-order chi connectivity index (χ1) is 27.2. The van der Waals surface area contributed by atoms with Gasteiger partial charge in [-0.15, -0.1) is 0 Å². The standard InChI is InChI=1S/C51H33N3O/c52-50(37-25-21-34(22-26-37)33-11-2-1-3-12-33)54-51(38-27-23-36(24-28-38)42-18-10-20-48-49(42)44-17-8-9-19-47(44)55-48)53-32-46-41-16-7-5-14-39(41)31-45-40-15-6-4-13-35(40)29-30-43(45)46/h1-32,52H. The quantitative estimate of drug-likeness (QED) is 0.0825. The Morgan fingerprint density at radius 2 is 1.09 bits per heavy atom. The van der Waals surface area contributed by atoms with Crippen LogP contribution >= 0.6 is 0 Å². The molecule has 0 aliphatic carbocycles. The molecule has 0 atom stereocenters. The van der Waals surface area contributed by atoms with E-state index in [0.29, 0.717) is 11.4 Å². The summed E-state index contributed by atoms with van der Waals surface area (Å²) in [6.45, 7) is 0. The van der Waals surface area contributed by atoms with Gasteiger partial charge in [0.2, 0.25) is 0 Å². The molecule has 1 aromatic heterocycles. The molecule has 10 aromatic rings. The zero-order valence-electron chi connectivity index (χ0n) is 29.8. The first-order valence-electron chi connectivity index (χ1n) is 18.4. The third-order valence-electron chi connectivity index (χ3n) is 10.5. The fourth-order valence-electron chi connectivity index (χ4n) is 7.72. The minimum absolute atomic E-state index is 0.138. The number of benzene rings is 9. The third kappa shape index (κ3) is 5.87. The van der Waals surface area contributed by atoms with Gasteiger partial charge in [-0.05, 0) is 72.8 Å². The lowest BCUT2D eigenvalue weighted by Crippen LogP contribution is -2.05. The Morgan fingerprint density at radius 3 is 1.91 bits per heavy atom. The van der Waals surface area contributed by atoms with Crippen LogP contribution < -0.4 is 0 Å². The van der Waals surface area contributed by atoms with E-state index < -0.39 is 0 Å². The van der Waals surface area contributed by atoms with E-state index in [1.807, 2.05) is 91.1 Å². The van der Waals surface area contributed by atoms with Crippen LogP contribution in [-0.4, -0.2) is 17.9 Å². The van der Waals surface area contributed by atoms with Crippen molar-refractivity contribution in [2.45, 2.75) is 0 Å². The first kappa shape index (κ1) is 32.2. The lowest BCUT2D eigenvalue weighted by atomic mass is 9.94. The van der Waals surface area contributed by atoms with Crippen molar-refractivity contribution >= 4 is 72.1 Å². The number of nitrogens with zero attached hydrogens (tertiary/aromatic N) is 2. The molecule has 0 amide bonds. The van der Waals surface area contributed by atoms with Crippen LogP contribution in [0.4, 0.5) is 0 Å². The fourth-order valence-corrected chi connectivity index (χ4v) is 7.72. The molecular weight excluding hydrogens is 671 g/mol. The second-order valence-electron chi connectivity index (χ2n) is 13.7. The van der Waals surface area contributed by atoms with Crippen molar-refractivity contribution < 1.29 is 4.42 Å². The summed E-state index contributed by atoms with van der Waals surface area (Å²) in [5, 5.41) is 18.3. The molecule has 0 spiro atoms. The minimum atomic E-state index is 0.138. The van der Waals surface area contributed by atoms with E-state index in [9.17, 15) is 5.41 Å². The highest BCUT2D eigenvalue weighted by molar-refractivity contribution is 6.22. The molecule has 0 saturated carbocycles. The topological polar surface area (TPSA) is 61.7 Å². The van der Waals surface area contributed by atoms with Gasteiger partial charge >= 0.3 is 0 Å². The largest absolute Gasteiger partial charge is 0.456 e. The summed E-state index contributed by atoms with van der Waals surface area (Å²) < 4.78 is 6.19. The van der Waals surface area contributed by atoms with Gasteiger partial charge in [0.15, 0.2) is 11.7 Å². The Bertz CT molecular complexity index is 3140. The summed E-state index contributed by atoms with van der Waals surface area (Å²) in [5.74, 6) is 0.594. The number of amidine groups is 2. The normalized spacial score (nSPS) is 12.1. The minimum Gasteiger partial charge on any atom is -0.456 e. The van der Waals surface area contributed by atoms with Crippen LogP contribution in [0.5, 0.6) is 0 Å². The van der Waals surface area contributed by atoms with Crippen molar-refractivity contribution in [1.82, 2.24) is 0 Å². The number of rotatable bonds is 5. The fraction of sp³-hybridized carbons (Fsp3) is 0. The summed E-state index contributed by atoms with van der Waals surface area (Å²) in [4.78, 5) is 10.0. The van der Waals surface area contributed by atoms with Gasteiger partial charge in [0.05, 0.1) is 0 Å². The molecule has 0 radical (unpaired) electrons. The molecule has 0 aliphatic rings. The van der Waals surface area contributed by atoms with Gasteiger partial charge in [-0.3, -0.25) is 5.41 Å². The van der Waals surface area contributed by atoms with E-state index >= 15 is 0 Å². The van der Waals surface area contributed by atoms with Gasteiger partial charge in [-0.25, -0.2) is 9.98 Å². The lowest BCUT2D eigenvalue weighted by molar-refractivity contribution is 0.669. The molecule has 4 nitrogen and oxygen atoms in total. The van der Waals surface area contributed by atoms with Crippen LogP contribution in [-0.2, 0) is 0 Å². The van der Waals surface area contributed by atoms with Gasteiger partial charge in [-0.2, -0.15) is 0 Å². The number of para-hydroxylation sites is 1. The molecule has 1 heterocycles. The molecule has 0 bridgehead atoms. The van der Waals surface area contributed by atoms with Crippen LogP contribution in [0.2, 0.25) is 0 Å². The van der Waals surface area contributed by atoms with Crippen molar-refractivity contribution in [3.8, 4) is 22.3 Å². The average molecular weight is 704 g/mol. The lowest BCUT2D eigenvalue weighted by Gasteiger charge is -2.11. The Labute approximate surface area is 317 Å². The highest BCUT2D eigenvalue weighted by Crippen LogP contribution is 2.37. The number of furan rings is 1. The van der Waals surface area contributed by atoms with E-state index in [0.717, 1.165) is 71.5 Å². The zero-order chi connectivity index (χ0) is 36.7. The molecule has 4 heteroatoms. The van der Waals surface area contributed by atoms with Crippen molar-refractivity contribution in [3.05, 3.63) is 205 Å². The van der Waals surface area contributed by atoms with E-state index in [1.165, 1.54) is 16.2 Å². The van der Waals surface area contributed by atoms with Crippen molar-refractivity contribution in [2.75, 3.05) is 0 Å². The van der Waals surface area contributed by atoms with E-state index in [2.05, 4.69) is 103 Å². The Kier molecular flexibility index (Phi) is 7.93. The second-order valence-corrected chi connectivity index (χ2v) is 13.7. The number of hydrogen-bond acceptors (Lipinski definition) is 2. The predicted octanol–water partition coefficient (Wildman–Crippen LogP) is 13.3. The SMILES string of the molecule is N=C(N=C(N=Cc1c2ccccc2cc2c1ccc1ccccc12)c1ccc(-c2cccc3oc4ccccc4c23)cc1)c1ccc(-c2ccccc2)cc1. The van der Waals surface area contributed by atoms with Gasteiger partial charge in [0, 0.05) is 33.7 Å². The van der Waals surface area contributed by atoms with Crippen LogP contribution in [0.15, 0.2) is 202 Å². The van der Waals surface area contributed by atoms with E-state index in [-0.39, 0.29) is 5.84 Å². The maximum atomic E-state index is 9.17. The Balaban J connectivity index is 1.10. The molecule has 258 valence electrons. The number of aliphatic imine (C=N–C) groups is 2. The summed E-state index contributed by atoms with van der Waals surface area (Å²) >= 11 is 0. The summed E-state index contributed by atoms with van der Waals surface area (Å²) in [7, 11) is 0. The molecule has 0 aliphatic heterocycles. The van der Waals surface area contributed by atoms with Crippen LogP contribution in [0.25, 0.3) is 76.5 Å². The summed E-state index contributed by atoms with van der Waals surface area (Å²) in [6.07, 6.45) is 1.93. The smallest absolute Gasteiger partial charge is 0.161 e. The van der Waals surface area contributed by atoms with E-state index in [1.54, 1.807) is 0 Å². The molecule has 0 unspecified atom stereocenters. The van der Waals surface area contributed by atoms with Crippen LogP contribution in [0, 0.1) is 5.41 Å². The van der Waals surface area contributed by atoms with Gasteiger partial charge < -0.3 is 4.42 Å². The molecule has 0 saturated heterocycles. The zero-order valence-corrected chi connectivity index (χ0v) is 29.8.